The van der Waals surface area contributed by atoms with Gasteiger partial charge in [-0.3, -0.25) is 19.2 Å². The Labute approximate surface area is 287 Å². The summed E-state index contributed by atoms with van der Waals surface area (Å²) < 4.78 is 25.4. The Morgan fingerprint density at radius 3 is 2.04 bits per heavy atom. The van der Waals surface area contributed by atoms with Crippen molar-refractivity contribution in [3.05, 3.63) is 0 Å². The third-order valence-corrected chi connectivity index (χ3v) is 11.7. The Morgan fingerprint density at radius 2 is 1.54 bits per heavy atom. The summed E-state index contributed by atoms with van der Waals surface area (Å²) in [5.74, 6) is -2.37. The zero-order valence-corrected chi connectivity index (χ0v) is 31.7. The maximum atomic E-state index is 14.5. The van der Waals surface area contributed by atoms with Crippen molar-refractivity contribution in [2.24, 2.45) is 28.1 Å². The number of urea groups is 1. The van der Waals surface area contributed by atoms with Crippen LogP contribution in [0.25, 0.3) is 0 Å². The van der Waals surface area contributed by atoms with Crippen LogP contribution >= 0.6 is 0 Å². The second-order valence-electron chi connectivity index (χ2n) is 17.1. The number of nitrogens with zero attached hydrogens (tertiary/aromatic N) is 2. The fourth-order valence-corrected chi connectivity index (χ4v) is 7.34. The molecule has 1 unspecified atom stereocenters. The van der Waals surface area contributed by atoms with E-state index in [2.05, 4.69) is 35.1 Å². The fraction of sp³-hybridized carbons (Fsp3) is 0.853. The van der Waals surface area contributed by atoms with Crippen molar-refractivity contribution in [2.45, 2.75) is 131 Å². The van der Waals surface area contributed by atoms with Crippen LogP contribution < -0.4 is 21.3 Å². The average Bonchev–Trinajstić information content (AvgIpc) is 3.58. The van der Waals surface area contributed by atoms with Crippen molar-refractivity contribution in [3.63, 3.8) is 0 Å². The lowest BCUT2D eigenvalue weighted by atomic mass is 9.79. The van der Waals surface area contributed by atoms with E-state index in [9.17, 15) is 32.4 Å². The number of amides is 5. The molecule has 3 rings (SSSR count). The van der Waals surface area contributed by atoms with Crippen LogP contribution in [0, 0.1) is 28.1 Å². The first-order chi connectivity index (χ1) is 21.9. The molecule has 4 N–H and O–H groups in total. The molecule has 0 aromatic rings. The molecule has 1 aliphatic heterocycles. The zero-order valence-electron chi connectivity index (χ0n) is 30.9. The zero-order chi connectivity index (χ0) is 36.6. The number of hydrogen-bond acceptors (Lipinski definition) is 7. The van der Waals surface area contributed by atoms with Gasteiger partial charge in [0.15, 0.2) is 0 Å². The Morgan fingerprint density at radius 1 is 0.938 bits per heavy atom. The fourth-order valence-electron chi connectivity index (χ4n) is 6.92. The van der Waals surface area contributed by atoms with Gasteiger partial charge in [-0.15, -0.1) is 0 Å². The largest absolute Gasteiger partial charge is 0.347 e. The van der Waals surface area contributed by atoms with Crippen molar-refractivity contribution in [3.8, 4) is 0 Å². The van der Waals surface area contributed by atoms with Gasteiger partial charge in [-0.2, -0.15) is 0 Å². The monoisotopic (exact) mass is 696 g/mol. The second kappa shape index (κ2) is 14.6. The standard InChI is InChI=1S/C34H60N6O7S/c1-12-13-23(26(41)29(43)35-20-14-15-20)36-28(42)25-21-16-17-34(8,9)22(21)18-40(25)30(44)27(33(5,6)7)38-31(45)37-24(32(2,3)4)19-39(10)48(11,46)47/h20-25,27H,12-19H2,1-11H3,(H,35,43)(H,36,42)(H2,37,38,45)/t21-,22-,23?,24+,25-,27+/m0/s1. The number of carbonyl (C=O) groups excluding carboxylic acids is 5. The normalized spacial score (nSPS) is 24.3. The summed E-state index contributed by atoms with van der Waals surface area (Å²) in [7, 11) is -2.05. The van der Waals surface area contributed by atoms with Crippen LogP contribution in [0.5, 0.6) is 0 Å². The van der Waals surface area contributed by atoms with Crippen molar-refractivity contribution in [2.75, 3.05) is 26.4 Å². The molecule has 3 fully saturated rings. The van der Waals surface area contributed by atoms with Crippen LogP contribution in [0.4, 0.5) is 4.79 Å². The molecule has 0 bridgehead atoms. The number of likely N-dealkylation sites (tertiary alicyclic amines) is 1. The van der Waals surface area contributed by atoms with E-state index in [4.69, 9.17) is 0 Å². The third kappa shape index (κ3) is 9.70. The lowest BCUT2D eigenvalue weighted by Gasteiger charge is -2.38. The lowest BCUT2D eigenvalue weighted by molar-refractivity contribution is -0.144. The molecule has 2 saturated carbocycles. The molecule has 2 aliphatic carbocycles. The van der Waals surface area contributed by atoms with Gasteiger partial charge in [-0.05, 0) is 60.2 Å². The van der Waals surface area contributed by atoms with Gasteiger partial charge < -0.3 is 26.2 Å². The summed E-state index contributed by atoms with van der Waals surface area (Å²) in [4.78, 5) is 69.6. The summed E-state index contributed by atoms with van der Waals surface area (Å²) >= 11 is 0. The van der Waals surface area contributed by atoms with Gasteiger partial charge in [-0.1, -0.05) is 68.7 Å². The summed E-state index contributed by atoms with van der Waals surface area (Å²) in [6.45, 7) is 17.7. The molecule has 48 heavy (non-hydrogen) atoms. The molecule has 13 nitrogen and oxygen atoms in total. The van der Waals surface area contributed by atoms with Gasteiger partial charge in [0.2, 0.25) is 27.6 Å². The Bertz CT molecular complexity index is 1350. The Balaban J connectivity index is 1.88. The second-order valence-corrected chi connectivity index (χ2v) is 19.2. The quantitative estimate of drug-likeness (QED) is 0.214. The Hall–Kier alpha value is -2.74. The first-order valence-electron chi connectivity index (χ1n) is 17.3. The van der Waals surface area contributed by atoms with Crippen LogP contribution in [0.2, 0.25) is 0 Å². The Kier molecular flexibility index (Phi) is 12.1. The van der Waals surface area contributed by atoms with E-state index in [-0.39, 0.29) is 29.8 Å². The van der Waals surface area contributed by atoms with E-state index >= 15 is 0 Å². The highest BCUT2D eigenvalue weighted by atomic mass is 32.2. The minimum Gasteiger partial charge on any atom is -0.347 e. The predicted octanol–water partition coefficient (Wildman–Crippen LogP) is 2.40. The summed E-state index contributed by atoms with van der Waals surface area (Å²) in [5.41, 5.74) is -1.40. The van der Waals surface area contributed by atoms with E-state index in [1.807, 2.05) is 48.5 Å². The van der Waals surface area contributed by atoms with Gasteiger partial charge in [0.05, 0.1) is 12.3 Å². The minimum atomic E-state index is -3.50. The molecule has 0 aromatic heterocycles. The summed E-state index contributed by atoms with van der Waals surface area (Å²) in [6, 6.07) is -4.11. The topological polar surface area (TPSA) is 174 Å². The van der Waals surface area contributed by atoms with Gasteiger partial charge in [0.25, 0.3) is 5.91 Å². The van der Waals surface area contributed by atoms with E-state index in [0.29, 0.717) is 19.4 Å². The maximum Gasteiger partial charge on any atom is 0.315 e. The van der Waals surface area contributed by atoms with Crippen LogP contribution in [0.1, 0.15) is 101 Å². The molecule has 1 heterocycles. The summed E-state index contributed by atoms with van der Waals surface area (Å²) in [6.07, 6.45) is 5.23. The molecule has 5 amide bonds. The number of nitrogens with one attached hydrogen (secondary N) is 4. The predicted molar refractivity (Wildman–Crippen MR) is 184 cm³/mol. The van der Waals surface area contributed by atoms with E-state index in [1.54, 1.807) is 4.90 Å². The molecule has 0 radical (unpaired) electrons. The van der Waals surface area contributed by atoms with Crippen molar-refractivity contribution in [1.29, 1.82) is 0 Å². The van der Waals surface area contributed by atoms with E-state index < -0.39 is 74.6 Å². The minimum absolute atomic E-state index is 0.00199. The molecule has 0 spiro atoms. The lowest BCUT2D eigenvalue weighted by Crippen LogP contribution is -2.62. The number of fused-ring (bicyclic) bond motifs is 1. The van der Waals surface area contributed by atoms with Crippen LogP contribution in [-0.2, 0) is 29.2 Å². The van der Waals surface area contributed by atoms with Gasteiger partial charge in [0.1, 0.15) is 12.1 Å². The first kappa shape index (κ1) is 39.7. The molecular formula is C34H60N6O7S. The van der Waals surface area contributed by atoms with Crippen molar-refractivity contribution in [1.82, 2.24) is 30.5 Å². The number of likely N-dealkylation sites (N-methyl/N-ethyl adjacent to an activating group) is 1. The molecule has 6 atom stereocenters. The van der Waals surface area contributed by atoms with Crippen LogP contribution in [-0.4, -0.2) is 104 Å². The number of carbonyl (C=O) groups is 5. The number of ketones is 1. The molecule has 14 heteroatoms. The van der Waals surface area contributed by atoms with Crippen LogP contribution in [0.15, 0.2) is 0 Å². The highest BCUT2D eigenvalue weighted by Gasteiger charge is 2.57. The number of rotatable bonds is 13. The average molecular weight is 697 g/mol. The molecule has 274 valence electrons. The molecule has 0 aromatic carbocycles. The maximum absolute atomic E-state index is 14.5. The highest BCUT2D eigenvalue weighted by molar-refractivity contribution is 7.88. The molecular weight excluding hydrogens is 636 g/mol. The summed E-state index contributed by atoms with van der Waals surface area (Å²) in [5, 5.41) is 11.3. The third-order valence-electron chi connectivity index (χ3n) is 10.4. The van der Waals surface area contributed by atoms with Crippen molar-refractivity contribution >= 4 is 39.6 Å². The highest BCUT2D eigenvalue weighted by Crippen LogP contribution is 2.53. The van der Waals surface area contributed by atoms with Gasteiger partial charge in [-0.25, -0.2) is 17.5 Å². The number of sulfonamides is 1. The smallest absolute Gasteiger partial charge is 0.315 e. The SMILES string of the molecule is CCCC(NC(=O)[C@@H]1[C@H]2CCC(C)(C)[C@H]2CN1C(=O)[C@@H](NC(=O)N[C@H](CN(C)S(C)(=O)=O)C(C)(C)C)C(C)(C)C)C(=O)C(=O)NC1CC1. The first-order valence-corrected chi connectivity index (χ1v) is 19.2. The number of hydrogen-bond donors (Lipinski definition) is 4. The van der Waals surface area contributed by atoms with Crippen LogP contribution in [0.3, 0.4) is 0 Å². The van der Waals surface area contributed by atoms with E-state index in [1.165, 1.54) is 11.4 Å². The van der Waals surface area contributed by atoms with Gasteiger partial charge >= 0.3 is 6.03 Å². The number of Topliss-reactive ketones (excluding diaryl/α,β-unsaturated/α-hetero) is 1. The van der Waals surface area contributed by atoms with E-state index in [0.717, 1.165) is 31.9 Å². The molecule has 1 saturated heterocycles. The van der Waals surface area contributed by atoms with Gasteiger partial charge in [0, 0.05) is 32.2 Å². The van der Waals surface area contributed by atoms with Crippen molar-refractivity contribution < 1.29 is 32.4 Å². The molecule has 3 aliphatic rings.